The second kappa shape index (κ2) is 7.08. The van der Waals surface area contributed by atoms with Gasteiger partial charge in [0.25, 0.3) is 0 Å². The molecule has 0 unspecified atom stereocenters. The molecule has 4 heteroatoms. The molecule has 0 aliphatic rings. The van der Waals surface area contributed by atoms with Gasteiger partial charge in [-0.3, -0.25) is 0 Å². The van der Waals surface area contributed by atoms with E-state index in [1.807, 2.05) is 54.6 Å². The van der Waals surface area contributed by atoms with Crippen LogP contribution in [0.4, 0.5) is 4.39 Å². The summed E-state index contributed by atoms with van der Waals surface area (Å²) in [5.41, 5.74) is 4.47. The first kappa shape index (κ1) is 17.0. The summed E-state index contributed by atoms with van der Waals surface area (Å²) in [4.78, 5) is 4.82. The minimum Gasteiger partial charge on any atom is -0.497 e. The van der Waals surface area contributed by atoms with Crippen LogP contribution in [0.5, 0.6) is 11.5 Å². The van der Waals surface area contributed by atoms with Crippen LogP contribution in [0.15, 0.2) is 72.8 Å². The number of halogens is 1. The number of hydrogen-bond donors (Lipinski definition) is 0. The van der Waals surface area contributed by atoms with Gasteiger partial charge in [-0.25, -0.2) is 9.37 Å². The number of methoxy groups -OCH3 is 2. The van der Waals surface area contributed by atoms with Crippen molar-refractivity contribution in [1.29, 1.82) is 0 Å². The zero-order chi connectivity index (χ0) is 18.8. The van der Waals surface area contributed by atoms with Crippen molar-refractivity contribution in [2.75, 3.05) is 14.2 Å². The van der Waals surface area contributed by atoms with Crippen LogP contribution >= 0.6 is 0 Å². The molecular formula is C23H18FNO2. The molecule has 27 heavy (non-hydrogen) atoms. The summed E-state index contributed by atoms with van der Waals surface area (Å²) in [7, 11) is 3.28. The van der Waals surface area contributed by atoms with Gasteiger partial charge in [0, 0.05) is 16.5 Å². The smallest absolute Gasteiger partial charge is 0.123 e. The molecular weight excluding hydrogens is 341 g/mol. The maximum Gasteiger partial charge on any atom is 0.123 e. The van der Waals surface area contributed by atoms with Gasteiger partial charge >= 0.3 is 0 Å². The molecule has 4 aromatic rings. The summed E-state index contributed by atoms with van der Waals surface area (Å²) in [6.07, 6.45) is 0. The van der Waals surface area contributed by atoms with Gasteiger partial charge in [0.05, 0.1) is 25.4 Å². The third-order valence-corrected chi connectivity index (χ3v) is 4.54. The van der Waals surface area contributed by atoms with Crippen molar-refractivity contribution in [3.8, 4) is 33.9 Å². The Bertz CT molecular complexity index is 1090. The quantitative estimate of drug-likeness (QED) is 0.467. The van der Waals surface area contributed by atoms with Crippen LogP contribution < -0.4 is 9.47 Å². The van der Waals surface area contributed by atoms with Gasteiger partial charge < -0.3 is 9.47 Å². The average Bonchev–Trinajstić information content (AvgIpc) is 2.73. The Hall–Kier alpha value is -3.40. The Morgan fingerprint density at radius 1 is 0.704 bits per heavy atom. The van der Waals surface area contributed by atoms with Gasteiger partial charge in [0.1, 0.15) is 17.3 Å². The maximum absolute atomic E-state index is 13.7. The zero-order valence-electron chi connectivity index (χ0n) is 15.1. The molecule has 0 bridgehead atoms. The summed E-state index contributed by atoms with van der Waals surface area (Å²) in [5, 5.41) is 0.762. The second-order valence-electron chi connectivity index (χ2n) is 6.18. The fraction of sp³-hybridized carbons (Fsp3) is 0.0870. The van der Waals surface area contributed by atoms with E-state index < -0.39 is 0 Å². The normalized spacial score (nSPS) is 10.8. The van der Waals surface area contributed by atoms with Crippen LogP contribution in [0.1, 0.15) is 0 Å². The molecule has 0 radical (unpaired) electrons. The van der Waals surface area contributed by atoms with Crippen LogP contribution in [-0.4, -0.2) is 19.2 Å². The van der Waals surface area contributed by atoms with E-state index in [4.69, 9.17) is 14.5 Å². The Kier molecular flexibility index (Phi) is 4.47. The molecule has 0 spiro atoms. The number of ether oxygens (including phenoxy) is 2. The molecule has 4 rings (SSSR count). The molecule has 1 heterocycles. The number of rotatable bonds is 4. The van der Waals surface area contributed by atoms with Crippen LogP contribution in [0.25, 0.3) is 33.3 Å². The summed E-state index contributed by atoms with van der Waals surface area (Å²) in [5.74, 6) is 1.29. The lowest BCUT2D eigenvalue weighted by atomic mass is 9.97. The lowest BCUT2D eigenvalue weighted by molar-refractivity contribution is 0.414. The Labute approximate surface area is 157 Å². The van der Waals surface area contributed by atoms with Crippen LogP contribution in [-0.2, 0) is 0 Å². The van der Waals surface area contributed by atoms with Gasteiger partial charge in [-0.05, 0) is 66.2 Å². The van der Waals surface area contributed by atoms with Gasteiger partial charge in [-0.1, -0.05) is 12.1 Å². The number of pyridine rings is 1. The van der Waals surface area contributed by atoms with Gasteiger partial charge in [0.15, 0.2) is 0 Å². The van der Waals surface area contributed by atoms with Crippen LogP contribution in [0.3, 0.4) is 0 Å². The predicted molar refractivity (Wildman–Crippen MR) is 106 cm³/mol. The van der Waals surface area contributed by atoms with Crippen molar-refractivity contribution >= 4 is 10.9 Å². The molecule has 0 fully saturated rings. The van der Waals surface area contributed by atoms with E-state index in [0.717, 1.165) is 44.8 Å². The Morgan fingerprint density at radius 2 is 1.30 bits per heavy atom. The molecule has 1 aromatic heterocycles. The molecule has 0 aliphatic heterocycles. The highest BCUT2D eigenvalue weighted by Gasteiger charge is 2.12. The van der Waals surface area contributed by atoms with Gasteiger partial charge in [-0.2, -0.15) is 0 Å². The number of hydrogen-bond acceptors (Lipinski definition) is 3. The Balaban J connectivity index is 1.94. The minimum absolute atomic E-state index is 0.276. The first-order valence-corrected chi connectivity index (χ1v) is 8.57. The monoisotopic (exact) mass is 359 g/mol. The van der Waals surface area contributed by atoms with E-state index in [0.29, 0.717) is 0 Å². The van der Waals surface area contributed by atoms with E-state index in [2.05, 4.69) is 0 Å². The molecule has 0 atom stereocenters. The first-order chi connectivity index (χ1) is 13.2. The highest BCUT2D eigenvalue weighted by atomic mass is 19.1. The maximum atomic E-state index is 13.7. The molecule has 0 saturated heterocycles. The SMILES string of the molecule is COc1ccc(-c2cc3cc(F)ccc3nc2-c2ccc(OC)cc2)cc1. The van der Waals surface area contributed by atoms with E-state index in [1.54, 1.807) is 20.3 Å². The predicted octanol–water partition coefficient (Wildman–Crippen LogP) is 5.73. The summed E-state index contributed by atoms with van der Waals surface area (Å²) in [6.45, 7) is 0. The van der Waals surface area contributed by atoms with E-state index in [1.165, 1.54) is 12.1 Å². The fourth-order valence-corrected chi connectivity index (χ4v) is 3.11. The fourth-order valence-electron chi connectivity index (χ4n) is 3.11. The summed E-state index contributed by atoms with van der Waals surface area (Å²) in [6, 6.07) is 22.2. The second-order valence-corrected chi connectivity index (χ2v) is 6.18. The van der Waals surface area contributed by atoms with Crippen molar-refractivity contribution in [2.24, 2.45) is 0 Å². The van der Waals surface area contributed by atoms with Crippen molar-refractivity contribution in [3.63, 3.8) is 0 Å². The molecule has 3 aromatic carbocycles. The highest BCUT2D eigenvalue weighted by Crippen LogP contribution is 2.35. The van der Waals surface area contributed by atoms with Gasteiger partial charge in [-0.15, -0.1) is 0 Å². The Morgan fingerprint density at radius 3 is 1.89 bits per heavy atom. The molecule has 0 N–H and O–H groups in total. The number of aromatic nitrogens is 1. The zero-order valence-corrected chi connectivity index (χ0v) is 15.1. The largest absolute Gasteiger partial charge is 0.497 e. The minimum atomic E-state index is -0.276. The van der Waals surface area contributed by atoms with Crippen LogP contribution in [0.2, 0.25) is 0 Å². The average molecular weight is 359 g/mol. The molecule has 3 nitrogen and oxygen atoms in total. The van der Waals surface area contributed by atoms with Crippen molar-refractivity contribution in [3.05, 3.63) is 78.6 Å². The van der Waals surface area contributed by atoms with Gasteiger partial charge in [0.2, 0.25) is 0 Å². The molecule has 134 valence electrons. The van der Waals surface area contributed by atoms with Crippen molar-refractivity contribution in [2.45, 2.75) is 0 Å². The highest BCUT2D eigenvalue weighted by molar-refractivity contribution is 5.91. The summed E-state index contributed by atoms with van der Waals surface area (Å²) >= 11 is 0. The molecule has 0 amide bonds. The van der Waals surface area contributed by atoms with E-state index in [9.17, 15) is 4.39 Å². The number of benzene rings is 3. The lowest BCUT2D eigenvalue weighted by Gasteiger charge is -2.13. The van der Waals surface area contributed by atoms with E-state index >= 15 is 0 Å². The third kappa shape index (κ3) is 3.34. The first-order valence-electron chi connectivity index (χ1n) is 8.57. The van der Waals surface area contributed by atoms with Crippen molar-refractivity contribution in [1.82, 2.24) is 4.98 Å². The van der Waals surface area contributed by atoms with E-state index in [-0.39, 0.29) is 5.82 Å². The third-order valence-electron chi connectivity index (χ3n) is 4.54. The van der Waals surface area contributed by atoms with Crippen molar-refractivity contribution < 1.29 is 13.9 Å². The topological polar surface area (TPSA) is 31.4 Å². The molecule has 0 saturated carbocycles. The summed E-state index contributed by atoms with van der Waals surface area (Å²) < 4.78 is 24.2. The standard InChI is InChI=1S/C23H18FNO2/c1-26-19-8-3-15(4-9-19)21-14-17-13-18(24)7-12-22(17)25-23(21)16-5-10-20(27-2)11-6-16/h3-14H,1-2H3. The van der Waals surface area contributed by atoms with Crippen LogP contribution in [0, 0.1) is 5.82 Å². The number of fused-ring (bicyclic) bond motifs is 1. The number of nitrogens with zero attached hydrogens (tertiary/aromatic N) is 1. The molecule has 0 aliphatic carbocycles. The lowest BCUT2D eigenvalue weighted by Crippen LogP contribution is -1.93.